The minimum absolute atomic E-state index is 0.105. The Labute approximate surface area is 182 Å². The zero-order valence-corrected chi connectivity index (χ0v) is 17.3. The number of aromatic amines is 1. The number of imidazole rings is 1. The predicted molar refractivity (Wildman–Crippen MR) is 113 cm³/mol. The van der Waals surface area contributed by atoms with E-state index in [4.69, 9.17) is 4.74 Å². The molecule has 0 unspecified atom stereocenters. The molecule has 160 valence electrons. The summed E-state index contributed by atoms with van der Waals surface area (Å²) in [6.45, 7) is 2.05. The lowest BCUT2D eigenvalue weighted by Gasteiger charge is -2.26. The van der Waals surface area contributed by atoms with Gasteiger partial charge < -0.3 is 19.9 Å². The van der Waals surface area contributed by atoms with E-state index in [2.05, 4.69) is 37.4 Å². The molecule has 1 atom stereocenters. The van der Waals surface area contributed by atoms with Crippen LogP contribution >= 0.6 is 0 Å². The Kier molecular flexibility index (Phi) is 4.34. The summed E-state index contributed by atoms with van der Waals surface area (Å²) in [7, 11) is 1.53. The molecule has 3 N–H and O–H groups in total. The van der Waals surface area contributed by atoms with Gasteiger partial charge in [-0.15, -0.1) is 0 Å². The maximum absolute atomic E-state index is 13.0. The minimum Gasteiger partial charge on any atom is -0.497 e. The second-order valence-corrected chi connectivity index (χ2v) is 7.65. The summed E-state index contributed by atoms with van der Waals surface area (Å²) in [4.78, 5) is 50.6. The van der Waals surface area contributed by atoms with Crippen LogP contribution in [0.3, 0.4) is 0 Å². The average molecular weight is 430 g/mol. The molecule has 3 aromatic rings. The van der Waals surface area contributed by atoms with Crippen molar-refractivity contribution in [3.05, 3.63) is 53.0 Å². The lowest BCUT2D eigenvalue weighted by Crippen LogP contribution is -2.54. The summed E-state index contributed by atoms with van der Waals surface area (Å²) < 4.78 is 5.20. The summed E-state index contributed by atoms with van der Waals surface area (Å²) in [6.07, 6.45) is 3.11. The van der Waals surface area contributed by atoms with Gasteiger partial charge in [0.05, 0.1) is 25.5 Å². The highest BCUT2D eigenvalue weighted by Crippen LogP contribution is 2.28. The lowest BCUT2D eigenvalue weighted by molar-refractivity contribution is -0.122. The fourth-order valence-corrected chi connectivity index (χ4v) is 3.93. The van der Waals surface area contributed by atoms with Crippen LogP contribution in [-0.2, 0) is 11.3 Å². The van der Waals surface area contributed by atoms with E-state index in [0.29, 0.717) is 29.1 Å². The van der Waals surface area contributed by atoms with E-state index in [1.807, 2.05) is 13.0 Å². The molecule has 10 heteroatoms. The van der Waals surface area contributed by atoms with E-state index in [1.165, 1.54) is 12.0 Å². The van der Waals surface area contributed by atoms with Crippen LogP contribution in [0, 0.1) is 18.8 Å². The molecule has 5 rings (SSSR count). The van der Waals surface area contributed by atoms with E-state index in [1.54, 1.807) is 24.7 Å². The zero-order chi connectivity index (χ0) is 22.5. The van der Waals surface area contributed by atoms with Gasteiger partial charge in [-0.2, -0.15) is 0 Å². The first-order valence-corrected chi connectivity index (χ1v) is 9.82. The number of hydrogen-bond donors (Lipinski definition) is 3. The number of ether oxygens (including phenoxy) is 1. The Morgan fingerprint density at radius 3 is 2.84 bits per heavy atom. The predicted octanol–water partition coefficient (Wildman–Crippen LogP) is 0.861. The standard InChI is InChI=1S/C22H18N6O4/c1-12-13(8-23-18-17(12)24-11-25-18)5-6-22(20(30)26-21(31)27-22)10-28-9-14-3-4-15(32-2)7-16(14)19(28)29/h3-4,7-8,11H,9-10H2,1-2H3,(H,23,24,25)(H2,26,27,30,31)/t22-/m1/s1. The number of nitrogens with zero attached hydrogens (tertiary/aromatic N) is 3. The van der Waals surface area contributed by atoms with Gasteiger partial charge in [-0.25, -0.2) is 14.8 Å². The Morgan fingerprint density at radius 1 is 1.25 bits per heavy atom. The van der Waals surface area contributed by atoms with Gasteiger partial charge in [0.15, 0.2) is 5.65 Å². The Bertz CT molecular complexity index is 1370. The van der Waals surface area contributed by atoms with Gasteiger partial charge in [0.1, 0.15) is 5.75 Å². The van der Waals surface area contributed by atoms with Crippen molar-refractivity contribution >= 4 is 29.0 Å². The molecule has 10 nitrogen and oxygen atoms in total. The van der Waals surface area contributed by atoms with Crippen LogP contribution in [0.5, 0.6) is 5.75 Å². The number of aromatic nitrogens is 3. The van der Waals surface area contributed by atoms with E-state index in [-0.39, 0.29) is 12.5 Å². The molecule has 0 spiro atoms. The molecule has 1 aromatic carbocycles. The highest BCUT2D eigenvalue weighted by atomic mass is 16.5. The Morgan fingerprint density at radius 2 is 2.09 bits per heavy atom. The molecule has 2 aliphatic heterocycles. The lowest BCUT2D eigenvalue weighted by atomic mass is 9.98. The van der Waals surface area contributed by atoms with E-state index < -0.39 is 17.5 Å². The molecular weight excluding hydrogens is 412 g/mol. The maximum Gasteiger partial charge on any atom is 0.323 e. The number of methoxy groups -OCH3 is 1. The number of aryl methyl sites for hydroxylation is 1. The van der Waals surface area contributed by atoms with Gasteiger partial charge >= 0.3 is 6.03 Å². The third-order valence-electron chi connectivity index (χ3n) is 5.69. The number of nitrogens with one attached hydrogen (secondary N) is 3. The number of urea groups is 1. The van der Waals surface area contributed by atoms with Gasteiger partial charge in [-0.05, 0) is 30.2 Å². The number of carbonyl (C=O) groups is 3. The molecule has 32 heavy (non-hydrogen) atoms. The first-order valence-electron chi connectivity index (χ1n) is 9.82. The monoisotopic (exact) mass is 430 g/mol. The zero-order valence-electron chi connectivity index (χ0n) is 17.3. The van der Waals surface area contributed by atoms with Crippen molar-refractivity contribution in [2.24, 2.45) is 0 Å². The van der Waals surface area contributed by atoms with Crippen LogP contribution < -0.4 is 15.4 Å². The summed E-state index contributed by atoms with van der Waals surface area (Å²) in [5, 5.41) is 4.83. The minimum atomic E-state index is -1.59. The third-order valence-corrected chi connectivity index (χ3v) is 5.69. The molecule has 0 aliphatic carbocycles. The van der Waals surface area contributed by atoms with Gasteiger partial charge in [0.2, 0.25) is 5.54 Å². The van der Waals surface area contributed by atoms with Crippen molar-refractivity contribution in [3.63, 3.8) is 0 Å². The summed E-state index contributed by atoms with van der Waals surface area (Å²) in [5.41, 5.74) is 2.42. The highest BCUT2D eigenvalue weighted by molar-refractivity contribution is 6.10. The SMILES string of the molecule is COc1ccc2c(c1)C(=O)N(C[C@@]1(C#Cc3cnc4nc[nH]c4c3C)NC(=O)NC1=O)C2. The number of imide groups is 1. The molecule has 4 amide bonds. The van der Waals surface area contributed by atoms with Crippen LogP contribution in [0.4, 0.5) is 4.79 Å². The van der Waals surface area contributed by atoms with E-state index in [9.17, 15) is 14.4 Å². The average Bonchev–Trinajstić information content (AvgIpc) is 3.45. The number of amides is 4. The van der Waals surface area contributed by atoms with Crippen molar-refractivity contribution in [1.29, 1.82) is 0 Å². The molecule has 0 saturated carbocycles. The molecule has 1 fully saturated rings. The van der Waals surface area contributed by atoms with Gasteiger partial charge in [-0.3, -0.25) is 14.9 Å². The quantitative estimate of drug-likeness (QED) is 0.418. The second kappa shape index (κ2) is 7.09. The van der Waals surface area contributed by atoms with Crippen LogP contribution in [0.25, 0.3) is 11.2 Å². The first-order chi connectivity index (χ1) is 15.4. The van der Waals surface area contributed by atoms with Crippen LogP contribution in [-0.4, -0.2) is 56.9 Å². The first kappa shape index (κ1) is 19.6. The summed E-state index contributed by atoms with van der Waals surface area (Å²) in [6, 6.07) is 4.59. The molecular formula is C22H18N6O4. The topological polar surface area (TPSA) is 129 Å². The Hall–Kier alpha value is -4.39. The van der Waals surface area contributed by atoms with Crippen molar-refractivity contribution in [1.82, 2.24) is 30.5 Å². The molecule has 0 radical (unpaired) electrons. The van der Waals surface area contributed by atoms with Crippen LogP contribution in [0.15, 0.2) is 30.7 Å². The number of benzene rings is 1. The number of rotatable bonds is 3. The number of H-pyrrole nitrogens is 1. The maximum atomic E-state index is 13.0. The molecule has 4 heterocycles. The number of hydrogen-bond acceptors (Lipinski definition) is 6. The Balaban J connectivity index is 1.50. The number of pyridine rings is 1. The summed E-state index contributed by atoms with van der Waals surface area (Å²) in [5.74, 6) is 5.56. The van der Waals surface area contributed by atoms with Crippen molar-refractivity contribution in [2.45, 2.75) is 19.0 Å². The van der Waals surface area contributed by atoms with Crippen LogP contribution in [0.1, 0.15) is 27.0 Å². The smallest absolute Gasteiger partial charge is 0.323 e. The fourth-order valence-electron chi connectivity index (χ4n) is 3.93. The molecule has 2 aliphatic rings. The van der Waals surface area contributed by atoms with Crippen molar-refractivity contribution in [3.8, 4) is 17.6 Å². The summed E-state index contributed by atoms with van der Waals surface area (Å²) >= 11 is 0. The number of carbonyl (C=O) groups excluding carboxylic acids is 3. The fraction of sp³-hybridized carbons (Fsp3) is 0.227. The molecule has 2 aromatic heterocycles. The van der Waals surface area contributed by atoms with Gasteiger partial charge in [-0.1, -0.05) is 17.9 Å². The van der Waals surface area contributed by atoms with Gasteiger partial charge in [0, 0.05) is 23.9 Å². The van der Waals surface area contributed by atoms with Gasteiger partial charge in [0.25, 0.3) is 11.8 Å². The van der Waals surface area contributed by atoms with Crippen molar-refractivity contribution in [2.75, 3.05) is 13.7 Å². The second-order valence-electron chi connectivity index (χ2n) is 7.65. The largest absolute Gasteiger partial charge is 0.497 e. The van der Waals surface area contributed by atoms with Crippen molar-refractivity contribution < 1.29 is 19.1 Å². The highest BCUT2D eigenvalue weighted by Gasteiger charge is 2.48. The number of fused-ring (bicyclic) bond motifs is 2. The van der Waals surface area contributed by atoms with E-state index >= 15 is 0 Å². The normalized spacial score (nSPS) is 19.4. The van der Waals surface area contributed by atoms with Crippen LogP contribution in [0.2, 0.25) is 0 Å². The van der Waals surface area contributed by atoms with E-state index in [0.717, 1.165) is 16.6 Å². The third kappa shape index (κ3) is 3.02. The molecule has 0 bridgehead atoms. The molecule has 1 saturated heterocycles.